The topological polar surface area (TPSA) is 93.5 Å². The molecule has 3 aromatic carbocycles. The Morgan fingerprint density at radius 1 is 0.909 bits per heavy atom. The van der Waals surface area contributed by atoms with Crippen molar-refractivity contribution in [3.05, 3.63) is 89.7 Å². The number of sulfonamides is 1. The van der Waals surface area contributed by atoms with Crippen LogP contribution in [0.25, 0.3) is 0 Å². The van der Waals surface area contributed by atoms with Gasteiger partial charge in [-0.2, -0.15) is 5.26 Å². The Morgan fingerprint density at radius 3 is 2.21 bits per heavy atom. The van der Waals surface area contributed by atoms with Gasteiger partial charge in [-0.1, -0.05) is 24.3 Å². The normalized spacial score (nSPS) is 13.9. The maximum Gasteiger partial charge on any atom is 0.261 e. The van der Waals surface area contributed by atoms with Crippen LogP contribution in [0.15, 0.2) is 77.7 Å². The van der Waals surface area contributed by atoms with Crippen LogP contribution < -0.4 is 9.62 Å². The van der Waals surface area contributed by atoms with Gasteiger partial charge < -0.3 is 9.80 Å². The highest BCUT2D eigenvalue weighted by Crippen LogP contribution is 2.24. The van der Waals surface area contributed by atoms with Crippen LogP contribution in [-0.4, -0.2) is 45.4 Å². The molecular formula is C24H21FN4O3S. The van der Waals surface area contributed by atoms with E-state index in [1.165, 1.54) is 18.2 Å². The lowest BCUT2D eigenvalue weighted by atomic mass is 10.1. The zero-order chi connectivity index (χ0) is 23.4. The number of piperazine rings is 1. The van der Waals surface area contributed by atoms with Gasteiger partial charge in [-0.15, -0.1) is 0 Å². The van der Waals surface area contributed by atoms with E-state index in [0.717, 1.165) is 0 Å². The lowest BCUT2D eigenvalue weighted by molar-refractivity contribution is 0.0746. The number of carbonyl (C=O) groups excluding carboxylic acids is 1. The first-order valence-electron chi connectivity index (χ1n) is 10.3. The number of nitriles is 1. The fourth-order valence-electron chi connectivity index (χ4n) is 3.71. The summed E-state index contributed by atoms with van der Waals surface area (Å²) in [5.74, 6) is -0.733. The highest BCUT2D eigenvalue weighted by Gasteiger charge is 2.24. The molecule has 0 unspecified atom stereocenters. The number of nitrogens with zero attached hydrogens (tertiary/aromatic N) is 3. The zero-order valence-electron chi connectivity index (χ0n) is 17.6. The van der Waals surface area contributed by atoms with Crippen molar-refractivity contribution >= 4 is 27.3 Å². The molecule has 0 spiro atoms. The SMILES string of the molecule is N#Cc1c(F)cccc1N1CCN(C(=O)c2ccc(NS(=O)(=O)c3ccccc3)cc2)CC1. The third-order valence-corrected chi connectivity index (χ3v) is 6.85. The van der Waals surface area contributed by atoms with E-state index in [9.17, 15) is 22.9 Å². The second kappa shape index (κ2) is 9.30. The molecule has 0 saturated carbocycles. The maximum absolute atomic E-state index is 13.9. The Labute approximate surface area is 191 Å². The first-order valence-corrected chi connectivity index (χ1v) is 11.8. The number of amides is 1. The van der Waals surface area contributed by atoms with Gasteiger partial charge in [0.05, 0.1) is 10.6 Å². The van der Waals surface area contributed by atoms with Crippen LogP contribution in [-0.2, 0) is 10.0 Å². The van der Waals surface area contributed by atoms with Crippen molar-refractivity contribution in [1.29, 1.82) is 5.26 Å². The van der Waals surface area contributed by atoms with E-state index in [2.05, 4.69) is 4.72 Å². The van der Waals surface area contributed by atoms with Gasteiger partial charge in [0.1, 0.15) is 17.4 Å². The van der Waals surface area contributed by atoms with Gasteiger partial charge in [0.25, 0.3) is 15.9 Å². The molecular weight excluding hydrogens is 443 g/mol. The quantitative estimate of drug-likeness (QED) is 0.624. The molecule has 1 amide bonds. The summed E-state index contributed by atoms with van der Waals surface area (Å²) in [4.78, 5) is 16.6. The van der Waals surface area contributed by atoms with E-state index < -0.39 is 15.8 Å². The Morgan fingerprint density at radius 2 is 1.58 bits per heavy atom. The fraction of sp³-hybridized carbons (Fsp3) is 0.167. The highest BCUT2D eigenvalue weighted by atomic mass is 32.2. The second-order valence-electron chi connectivity index (χ2n) is 7.52. The lowest BCUT2D eigenvalue weighted by Crippen LogP contribution is -2.49. The van der Waals surface area contributed by atoms with Crippen LogP contribution in [0.3, 0.4) is 0 Å². The van der Waals surface area contributed by atoms with Crippen LogP contribution in [0.1, 0.15) is 15.9 Å². The monoisotopic (exact) mass is 464 g/mol. The number of carbonyl (C=O) groups is 1. The molecule has 33 heavy (non-hydrogen) atoms. The molecule has 0 atom stereocenters. The van der Waals surface area contributed by atoms with Crippen molar-refractivity contribution in [3.63, 3.8) is 0 Å². The van der Waals surface area contributed by atoms with E-state index in [1.807, 2.05) is 11.0 Å². The third-order valence-electron chi connectivity index (χ3n) is 5.45. The molecule has 4 rings (SSSR count). The van der Waals surface area contributed by atoms with E-state index in [1.54, 1.807) is 59.5 Å². The van der Waals surface area contributed by atoms with Crippen molar-refractivity contribution in [2.24, 2.45) is 0 Å². The predicted molar refractivity (Wildman–Crippen MR) is 123 cm³/mol. The average Bonchev–Trinajstić information content (AvgIpc) is 2.84. The summed E-state index contributed by atoms with van der Waals surface area (Å²) in [6.07, 6.45) is 0. The number of anilines is 2. The molecule has 9 heteroatoms. The summed E-state index contributed by atoms with van der Waals surface area (Å²) in [7, 11) is -3.71. The van der Waals surface area contributed by atoms with Crippen LogP contribution >= 0.6 is 0 Å². The van der Waals surface area contributed by atoms with E-state index >= 15 is 0 Å². The van der Waals surface area contributed by atoms with Crippen LogP contribution in [0.2, 0.25) is 0 Å². The first-order chi connectivity index (χ1) is 15.9. The van der Waals surface area contributed by atoms with Crippen LogP contribution in [0.5, 0.6) is 0 Å². The summed E-state index contributed by atoms with van der Waals surface area (Å²) in [5.41, 5.74) is 1.33. The van der Waals surface area contributed by atoms with Gasteiger partial charge in [0, 0.05) is 37.4 Å². The van der Waals surface area contributed by atoms with Gasteiger partial charge in [-0.25, -0.2) is 12.8 Å². The minimum Gasteiger partial charge on any atom is -0.367 e. The Bertz CT molecular complexity index is 1300. The molecule has 1 N–H and O–H groups in total. The largest absolute Gasteiger partial charge is 0.367 e. The Hall–Kier alpha value is -3.90. The van der Waals surface area contributed by atoms with Crippen molar-refractivity contribution in [2.75, 3.05) is 35.8 Å². The minimum atomic E-state index is -3.71. The summed E-state index contributed by atoms with van der Waals surface area (Å²) in [6.45, 7) is 1.78. The van der Waals surface area contributed by atoms with Crippen LogP contribution in [0, 0.1) is 17.1 Å². The molecule has 0 aromatic heterocycles. The molecule has 1 aliphatic rings. The first kappa shape index (κ1) is 22.3. The number of hydrogen-bond acceptors (Lipinski definition) is 5. The standard InChI is InChI=1S/C24H21FN4O3S/c25-22-7-4-8-23(21(22)17-26)28-13-15-29(16-14-28)24(30)18-9-11-19(12-10-18)27-33(31,32)20-5-2-1-3-6-20/h1-12,27H,13-16H2. The summed E-state index contributed by atoms with van der Waals surface area (Å²) in [6, 6.07) is 20.7. The van der Waals surface area contributed by atoms with Crippen molar-refractivity contribution in [2.45, 2.75) is 4.90 Å². The van der Waals surface area contributed by atoms with Crippen molar-refractivity contribution in [3.8, 4) is 6.07 Å². The summed E-state index contributed by atoms with van der Waals surface area (Å²) in [5, 5.41) is 9.25. The lowest BCUT2D eigenvalue weighted by Gasteiger charge is -2.36. The summed E-state index contributed by atoms with van der Waals surface area (Å²) >= 11 is 0. The molecule has 0 aliphatic carbocycles. The smallest absolute Gasteiger partial charge is 0.261 e. The third kappa shape index (κ3) is 4.81. The van der Waals surface area contributed by atoms with Crippen molar-refractivity contribution < 1.29 is 17.6 Å². The number of nitrogens with one attached hydrogen (secondary N) is 1. The van der Waals surface area contributed by atoms with E-state index in [0.29, 0.717) is 43.1 Å². The summed E-state index contributed by atoms with van der Waals surface area (Å²) < 4.78 is 41.3. The fourth-order valence-corrected chi connectivity index (χ4v) is 4.79. The molecule has 0 radical (unpaired) electrons. The number of benzene rings is 3. The van der Waals surface area contributed by atoms with Gasteiger partial charge in [-0.3, -0.25) is 9.52 Å². The Kier molecular flexibility index (Phi) is 6.29. The Balaban J connectivity index is 1.40. The zero-order valence-corrected chi connectivity index (χ0v) is 18.4. The molecule has 1 heterocycles. The molecule has 1 fully saturated rings. The van der Waals surface area contributed by atoms with E-state index in [-0.39, 0.29) is 16.4 Å². The highest BCUT2D eigenvalue weighted by molar-refractivity contribution is 7.92. The molecule has 3 aromatic rings. The molecule has 1 saturated heterocycles. The van der Waals surface area contributed by atoms with E-state index in [4.69, 9.17) is 0 Å². The minimum absolute atomic E-state index is 0.00539. The van der Waals surface area contributed by atoms with Crippen LogP contribution in [0.4, 0.5) is 15.8 Å². The average molecular weight is 465 g/mol. The number of halogens is 1. The maximum atomic E-state index is 13.9. The van der Waals surface area contributed by atoms with Crippen molar-refractivity contribution in [1.82, 2.24) is 4.90 Å². The van der Waals surface area contributed by atoms with Gasteiger partial charge in [-0.05, 0) is 48.5 Å². The van der Waals surface area contributed by atoms with Gasteiger partial charge in [0.15, 0.2) is 0 Å². The van der Waals surface area contributed by atoms with Gasteiger partial charge in [0.2, 0.25) is 0 Å². The number of rotatable bonds is 5. The predicted octanol–water partition coefficient (Wildman–Crippen LogP) is 3.46. The molecule has 168 valence electrons. The van der Waals surface area contributed by atoms with Gasteiger partial charge >= 0.3 is 0 Å². The molecule has 1 aliphatic heterocycles. The second-order valence-corrected chi connectivity index (χ2v) is 9.20. The number of hydrogen-bond donors (Lipinski definition) is 1. The molecule has 7 nitrogen and oxygen atoms in total. The molecule has 0 bridgehead atoms.